The number of amides is 2. The fourth-order valence-corrected chi connectivity index (χ4v) is 5.36. The lowest BCUT2D eigenvalue weighted by Gasteiger charge is -2.33. The highest BCUT2D eigenvalue weighted by atomic mass is 32.2. The van der Waals surface area contributed by atoms with Crippen LogP contribution in [0.4, 0.5) is 24.5 Å². The summed E-state index contributed by atoms with van der Waals surface area (Å²) in [5.74, 6) is -1.46. The maximum absolute atomic E-state index is 13.3. The molecule has 0 saturated carbocycles. The van der Waals surface area contributed by atoms with Gasteiger partial charge in [-0.1, -0.05) is 12.8 Å². The van der Waals surface area contributed by atoms with Crippen molar-refractivity contribution in [2.75, 3.05) is 43.9 Å². The second-order valence-electron chi connectivity index (χ2n) is 9.17. The molecule has 1 aromatic rings. The molecule has 0 N–H and O–H groups in total. The first kappa shape index (κ1) is 28.7. The minimum absolute atomic E-state index is 0.153. The number of piperazine rings is 1. The highest BCUT2D eigenvalue weighted by Gasteiger charge is 2.41. The van der Waals surface area contributed by atoms with Crippen molar-refractivity contribution in [1.29, 1.82) is 0 Å². The number of nitrogens with zero attached hydrogens (tertiary/aromatic N) is 4. The molecule has 0 aromatic heterocycles. The van der Waals surface area contributed by atoms with Gasteiger partial charge in [-0.3, -0.25) is 19.7 Å². The topological polar surface area (TPSA) is 121 Å². The monoisotopic (exact) mass is 546 g/mol. The normalized spacial score (nSPS) is 18.2. The largest absolute Gasteiger partial charge is 0.423 e. The van der Waals surface area contributed by atoms with E-state index < -0.39 is 44.2 Å². The van der Waals surface area contributed by atoms with Crippen molar-refractivity contribution in [1.82, 2.24) is 9.21 Å². The number of imide groups is 1. The maximum atomic E-state index is 13.3. The van der Waals surface area contributed by atoms with Gasteiger partial charge in [0.1, 0.15) is 5.56 Å². The number of hydrogen-bond donors (Lipinski definition) is 0. The Bertz CT molecular complexity index is 1210. The van der Waals surface area contributed by atoms with Gasteiger partial charge in [0.05, 0.1) is 16.9 Å². The van der Waals surface area contributed by atoms with Gasteiger partial charge in [0.25, 0.3) is 17.5 Å². The van der Waals surface area contributed by atoms with E-state index in [1.807, 2.05) is 0 Å². The molecular formula is C23H29F3N4O6S. The zero-order chi connectivity index (χ0) is 27.5. The van der Waals surface area contributed by atoms with Crippen LogP contribution in [0.5, 0.6) is 0 Å². The van der Waals surface area contributed by atoms with Gasteiger partial charge in [0.2, 0.25) is 10.0 Å². The summed E-state index contributed by atoms with van der Waals surface area (Å²) in [6, 6.07) is 2.07. The van der Waals surface area contributed by atoms with Crippen LogP contribution in [-0.2, 0) is 25.8 Å². The number of rotatable bonds is 10. The minimum atomic E-state index is -5.03. The van der Waals surface area contributed by atoms with E-state index in [0.717, 1.165) is 31.9 Å². The first-order valence-corrected chi connectivity index (χ1v) is 13.7. The van der Waals surface area contributed by atoms with Gasteiger partial charge in [-0.15, -0.1) is 0 Å². The highest BCUT2D eigenvalue weighted by Crippen LogP contribution is 2.40. The Morgan fingerprint density at radius 1 is 1.00 bits per heavy atom. The summed E-state index contributed by atoms with van der Waals surface area (Å²) in [6.45, 7) is 4.55. The first-order valence-electron chi connectivity index (χ1n) is 11.8. The molecule has 2 aliphatic heterocycles. The summed E-state index contributed by atoms with van der Waals surface area (Å²) in [7, 11) is -3.17. The summed E-state index contributed by atoms with van der Waals surface area (Å²) in [4.78, 5) is 38.3. The third kappa shape index (κ3) is 6.73. The van der Waals surface area contributed by atoms with Crippen LogP contribution in [0, 0.1) is 10.1 Å². The van der Waals surface area contributed by atoms with Crippen molar-refractivity contribution < 1.29 is 36.1 Å². The average molecular weight is 547 g/mol. The van der Waals surface area contributed by atoms with Crippen molar-refractivity contribution in [3.05, 3.63) is 45.0 Å². The van der Waals surface area contributed by atoms with Gasteiger partial charge in [-0.05, 0) is 44.9 Å². The van der Waals surface area contributed by atoms with Gasteiger partial charge in [-0.25, -0.2) is 13.3 Å². The molecule has 0 bridgehead atoms. The van der Waals surface area contributed by atoms with Crippen molar-refractivity contribution in [2.24, 2.45) is 0 Å². The quantitative estimate of drug-likeness (QED) is 0.191. The molecule has 1 saturated heterocycles. The number of alkyl halides is 3. The third-order valence-corrected chi connectivity index (χ3v) is 7.93. The predicted octanol–water partition coefficient (Wildman–Crippen LogP) is 3.33. The van der Waals surface area contributed by atoms with E-state index in [-0.39, 0.29) is 16.8 Å². The van der Waals surface area contributed by atoms with Crippen LogP contribution in [0.1, 0.15) is 44.6 Å². The van der Waals surface area contributed by atoms with E-state index in [2.05, 4.69) is 4.90 Å². The lowest BCUT2D eigenvalue weighted by atomic mass is 10.0. The Balaban J connectivity index is 1.52. The Morgan fingerprint density at radius 3 is 2.19 bits per heavy atom. The molecular weight excluding hydrogens is 517 g/mol. The van der Waals surface area contributed by atoms with E-state index in [9.17, 15) is 41.3 Å². The Hall–Kier alpha value is -2.84. The van der Waals surface area contributed by atoms with Crippen LogP contribution in [0.2, 0.25) is 0 Å². The number of sulfonamides is 1. The number of unbranched alkanes of at least 4 members (excludes halogenated alkanes) is 3. The number of carbonyl (C=O) groups excluding carboxylic acids is 2. The number of anilines is 1. The summed E-state index contributed by atoms with van der Waals surface area (Å²) < 4.78 is 64.6. The molecule has 1 aromatic carbocycles. The fourth-order valence-electron chi connectivity index (χ4n) is 4.54. The van der Waals surface area contributed by atoms with E-state index in [1.54, 1.807) is 0 Å². The Labute approximate surface area is 212 Å². The lowest BCUT2D eigenvalue weighted by molar-refractivity contribution is -0.388. The van der Waals surface area contributed by atoms with Gasteiger partial charge in [0.15, 0.2) is 0 Å². The smallest absolute Gasteiger partial charge is 0.301 e. The summed E-state index contributed by atoms with van der Waals surface area (Å²) in [5, 5.41) is 11.0. The molecule has 0 spiro atoms. The van der Waals surface area contributed by atoms with E-state index >= 15 is 0 Å². The van der Waals surface area contributed by atoms with Crippen molar-refractivity contribution in [3.63, 3.8) is 0 Å². The zero-order valence-corrected chi connectivity index (χ0v) is 21.4. The van der Waals surface area contributed by atoms with Crippen LogP contribution in [0.25, 0.3) is 0 Å². The standard InChI is InChI=1S/C23H29F3N4O6S/c1-16-18(7-5-3-4-6-10-27-11-13-28(14-12-27)37(2,35)36)22(32)29(21(16)31)17-8-9-20(30(33)34)19(15-17)23(24,25)26/h8-9,15H,3-7,10-14H2,1-2H3. The second kappa shape index (κ2) is 11.3. The molecule has 0 atom stereocenters. The Morgan fingerprint density at radius 2 is 1.62 bits per heavy atom. The SMILES string of the molecule is CC1=C(CCCCCCN2CCN(S(C)(=O)=O)CC2)C(=O)N(c2ccc([N+](=O)[O-])c(C(F)(F)F)c2)C1=O. The number of nitro groups is 1. The Kier molecular flexibility index (Phi) is 8.75. The molecule has 10 nitrogen and oxygen atoms in total. The molecule has 2 amide bonds. The fraction of sp³-hybridized carbons (Fsp3) is 0.565. The average Bonchev–Trinajstić information content (AvgIpc) is 3.02. The second-order valence-corrected chi connectivity index (χ2v) is 11.2. The molecule has 204 valence electrons. The third-order valence-electron chi connectivity index (χ3n) is 6.63. The summed E-state index contributed by atoms with van der Waals surface area (Å²) in [5.41, 5.74) is -2.66. The van der Waals surface area contributed by atoms with Crippen LogP contribution in [0.3, 0.4) is 0 Å². The van der Waals surface area contributed by atoms with Gasteiger partial charge in [0, 0.05) is 43.4 Å². The van der Waals surface area contributed by atoms with E-state index in [4.69, 9.17) is 0 Å². The number of halogens is 3. The van der Waals surface area contributed by atoms with Crippen molar-refractivity contribution in [3.8, 4) is 0 Å². The van der Waals surface area contributed by atoms with Gasteiger partial charge >= 0.3 is 6.18 Å². The molecule has 14 heteroatoms. The number of carbonyl (C=O) groups is 2. The first-order chi connectivity index (χ1) is 17.2. The molecule has 2 heterocycles. The minimum Gasteiger partial charge on any atom is -0.301 e. The van der Waals surface area contributed by atoms with Crippen molar-refractivity contribution >= 4 is 33.2 Å². The number of hydrogen-bond acceptors (Lipinski definition) is 7. The van der Waals surface area contributed by atoms with Crippen LogP contribution >= 0.6 is 0 Å². The molecule has 2 aliphatic rings. The zero-order valence-electron chi connectivity index (χ0n) is 20.6. The lowest BCUT2D eigenvalue weighted by Crippen LogP contribution is -2.48. The van der Waals surface area contributed by atoms with E-state index in [0.29, 0.717) is 56.1 Å². The highest BCUT2D eigenvalue weighted by molar-refractivity contribution is 7.88. The molecule has 1 fully saturated rings. The molecule has 0 radical (unpaired) electrons. The van der Waals surface area contributed by atoms with Gasteiger partial charge in [-0.2, -0.15) is 17.5 Å². The van der Waals surface area contributed by atoms with Crippen LogP contribution in [0.15, 0.2) is 29.3 Å². The molecule has 0 aliphatic carbocycles. The summed E-state index contributed by atoms with van der Waals surface area (Å²) in [6.07, 6.45) is -0.406. The van der Waals surface area contributed by atoms with Crippen molar-refractivity contribution in [2.45, 2.75) is 45.2 Å². The molecule has 3 rings (SSSR count). The van der Waals surface area contributed by atoms with Crippen LogP contribution in [-0.4, -0.2) is 73.3 Å². The number of benzene rings is 1. The predicted molar refractivity (Wildman–Crippen MR) is 129 cm³/mol. The molecule has 37 heavy (non-hydrogen) atoms. The maximum Gasteiger partial charge on any atom is 0.423 e. The van der Waals surface area contributed by atoms with Gasteiger partial charge < -0.3 is 4.90 Å². The number of nitro benzene ring substituents is 1. The summed E-state index contributed by atoms with van der Waals surface area (Å²) >= 11 is 0. The van der Waals surface area contributed by atoms with E-state index in [1.165, 1.54) is 17.5 Å². The molecule has 0 unspecified atom stereocenters. The van der Waals surface area contributed by atoms with Crippen LogP contribution < -0.4 is 4.90 Å².